The van der Waals surface area contributed by atoms with Gasteiger partial charge in [0.2, 0.25) is 6.41 Å². The summed E-state index contributed by atoms with van der Waals surface area (Å²) in [5.74, 6) is 0. The van der Waals surface area contributed by atoms with Crippen molar-refractivity contribution >= 4 is 6.41 Å². The fourth-order valence-electron chi connectivity index (χ4n) is 1.71. The van der Waals surface area contributed by atoms with Crippen molar-refractivity contribution in [3.63, 3.8) is 0 Å². The molecule has 0 spiro atoms. The molecule has 0 aromatic carbocycles. The maximum absolute atomic E-state index is 10.2. The van der Waals surface area contributed by atoms with Crippen LogP contribution in [-0.4, -0.2) is 48.7 Å². The van der Waals surface area contributed by atoms with E-state index in [0.717, 1.165) is 45.3 Å². The van der Waals surface area contributed by atoms with Crippen LogP contribution in [0.15, 0.2) is 0 Å². The van der Waals surface area contributed by atoms with Crippen LogP contribution in [0.3, 0.4) is 0 Å². The molecule has 13 heavy (non-hydrogen) atoms. The number of likely N-dealkylation sites (tertiary alicyclic amines) is 1. The molecule has 2 N–H and O–H groups in total. The van der Waals surface area contributed by atoms with Gasteiger partial charge in [0.15, 0.2) is 0 Å². The predicted molar refractivity (Wildman–Crippen MR) is 50.4 cm³/mol. The van der Waals surface area contributed by atoms with Crippen molar-refractivity contribution in [2.75, 3.05) is 26.2 Å². The summed E-state index contributed by atoms with van der Waals surface area (Å²) < 4.78 is 0. The normalized spacial score (nSPS) is 20.1. The van der Waals surface area contributed by atoms with Gasteiger partial charge in [0.1, 0.15) is 0 Å². The van der Waals surface area contributed by atoms with Crippen LogP contribution in [0.5, 0.6) is 0 Å². The second kappa shape index (κ2) is 5.94. The van der Waals surface area contributed by atoms with Gasteiger partial charge in [-0.2, -0.15) is 0 Å². The summed E-state index contributed by atoms with van der Waals surface area (Å²) in [5, 5.41) is 11.5. The Bertz CT molecular complexity index is 145. The Kier molecular flexibility index (Phi) is 4.78. The minimum absolute atomic E-state index is 0.270. The van der Waals surface area contributed by atoms with Crippen LogP contribution >= 0.6 is 0 Å². The molecule has 76 valence electrons. The monoisotopic (exact) mass is 186 g/mol. The molecule has 0 bridgehead atoms. The van der Waals surface area contributed by atoms with Crippen LogP contribution in [0.2, 0.25) is 0 Å². The molecule has 1 aliphatic rings. The molecule has 1 rings (SSSR count). The molecule has 1 amide bonds. The topological polar surface area (TPSA) is 52.6 Å². The van der Waals surface area contributed by atoms with Gasteiger partial charge in [-0.05, 0) is 19.3 Å². The molecule has 0 aromatic rings. The number of piperidine rings is 1. The second-order valence-electron chi connectivity index (χ2n) is 3.48. The first-order valence-electron chi connectivity index (χ1n) is 4.89. The molecule has 4 heteroatoms. The van der Waals surface area contributed by atoms with Gasteiger partial charge >= 0.3 is 0 Å². The molecular weight excluding hydrogens is 168 g/mol. The first kappa shape index (κ1) is 10.5. The molecule has 0 atom stereocenters. The molecule has 4 nitrogen and oxygen atoms in total. The van der Waals surface area contributed by atoms with Crippen LogP contribution < -0.4 is 5.32 Å². The van der Waals surface area contributed by atoms with E-state index >= 15 is 0 Å². The average Bonchev–Trinajstić information content (AvgIpc) is 2.17. The first-order valence-corrected chi connectivity index (χ1v) is 4.89. The highest BCUT2D eigenvalue weighted by Gasteiger charge is 2.17. The number of nitrogens with zero attached hydrogens (tertiary/aromatic N) is 1. The highest BCUT2D eigenvalue weighted by atomic mass is 16.3. The Morgan fingerprint density at radius 1 is 1.46 bits per heavy atom. The van der Waals surface area contributed by atoms with Gasteiger partial charge in [-0.15, -0.1) is 0 Å². The highest BCUT2D eigenvalue weighted by Crippen LogP contribution is 2.09. The summed E-state index contributed by atoms with van der Waals surface area (Å²) in [4.78, 5) is 12.5. The van der Waals surface area contributed by atoms with Crippen molar-refractivity contribution in [1.82, 2.24) is 10.2 Å². The quantitative estimate of drug-likeness (QED) is 0.573. The van der Waals surface area contributed by atoms with Crippen molar-refractivity contribution in [3.8, 4) is 0 Å². The predicted octanol–water partition coefficient (Wildman–Crippen LogP) is -0.421. The van der Waals surface area contributed by atoms with Gasteiger partial charge in [0, 0.05) is 32.3 Å². The summed E-state index contributed by atoms with van der Waals surface area (Å²) in [6.45, 7) is 3.31. The van der Waals surface area contributed by atoms with E-state index in [4.69, 9.17) is 5.11 Å². The molecule has 1 aliphatic heterocycles. The minimum Gasteiger partial charge on any atom is -0.396 e. The van der Waals surface area contributed by atoms with Gasteiger partial charge in [-0.25, -0.2) is 0 Å². The second-order valence-corrected chi connectivity index (χ2v) is 3.48. The summed E-state index contributed by atoms with van der Waals surface area (Å²) >= 11 is 0. The fraction of sp³-hybridized carbons (Fsp3) is 0.889. The van der Waals surface area contributed by atoms with Crippen LogP contribution in [-0.2, 0) is 4.79 Å². The van der Waals surface area contributed by atoms with Crippen molar-refractivity contribution in [1.29, 1.82) is 0 Å². The van der Waals surface area contributed by atoms with Crippen molar-refractivity contribution in [2.24, 2.45) is 0 Å². The van der Waals surface area contributed by atoms with E-state index in [9.17, 15) is 4.79 Å². The number of carbonyl (C=O) groups is 1. The molecule has 0 radical (unpaired) electrons. The van der Waals surface area contributed by atoms with E-state index < -0.39 is 0 Å². The van der Waals surface area contributed by atoms with E-state index in [1.54, 1.807) is 0 Å². The summed E-state index contributed by atoms with van der Waals surface area (Å²) in [7, 11) is 0. The Hall–Kier alpha value is -0.610. The van der Waals surface area contributed by atoms with E-state index in [1.807, 2.05) is 0 Å². The molecule has 0 aromatic heterocycles. The van der Waals surface area contributed by atoms with Gasteiger partial charge in [0.25, 0.3) is 0 Å². The van der Waals surface area contributed by atoms with Crippen molar-refractivity contribution in [2.45, 2.75) is 25.3 Å². The molecule has 1 fully saturated rings. The number of amides is 1. The summed E-state index contributed by atoms with van der Waals surface area (Å²) in [6, 6.07) is 0.364. The minimum atomic E-state index is 0.270. The smallest absolute Gasteiger partial charge is 0.207 e. The SMILES string of the molecule is O=CNC1CCN(CCCO)CC1. The standard InChI is InChI=1S/C9H18N2O2/c12-7-1-4-11-5-2-9(3-6-11)10-8-13/h8-9,12H,1-7H2,(H,10,13). The largest absolute Gasteiger partial charge is 0.396 e. The van der Waals surface area contributed by atoms with E-state index in [1.165, 1.54) is 0 Å². The number of aliphatic hydroxyl groups is 1. The summed E-state index contributed by atoms with van der Waals surface area (Å²) in [6.07, 6.45) is 3.70. The fourth-order valence-corrected chi connectivity index (χ4v) is 1.71. The molecule has 0 aliphatic carbocycles. The average molecular weight is 186 g/mol. The maximum Gasteiger partial charge on any atom is 0.207 e. The Morgan fingerprint density at radius 3 is 2.69 bits per heavy atom. The van der Waals surface area contributed by atoms with Crippen molar-refractivity contribution in [3.05, 3.63) is 0 Å². The number of carbonyl (C=O) groups excluding carboxylic acids is 1. The molecule has 0 unspecified atom stereocenters. The molecule has 0 saturated carbocycles. The Balaban J connectivity index is 2.11. The Labute approximate surface area is 78.9 Å². The molecular formula is C9H18N2O2. The zero-order chi connectivity index (χ0) is 9.52. The molecule has 1 heterocycles. The lowest BCUT2D eigenvalue weighted by Gasteiger charge is -2.31. The highest BCUT2D eigenvalue weighted by molar-refractivity contribution is 5.46. The lowest BCUT2D eigenvalue weighted by molar-refractivity contribution is -0.110. The zero-order valence-electron chi connectivity index (χ0n) is 7.91. The number of rotatable bonds is 5. The van der Waals surface area contributed by atoms with Crippen molar-refractivity contribution < 1.29 is 9.90 Å². The lowest BCUT2D eigenvalue weighted by Crippen LogP contribution is -2.42. The number of hydrogen-bond acceptors (Lipinski definition) is 3. The third-order valence-corrected chi connectivity index (χ3v) is 2.52. The van der Waals surface area contributed by atoms with Crippen LogP contribution in [0.25, 0.3) is 0 Å². The zero-order valence-corrected chi connectivity index (χ0v) is 7.91. The number of aliphatic hydroxyl groups excluding tert-OH is 1. The van der Waals surface area contributed by atoms with Crippen LogP contribution in [0, 0.1) is 0 Å². The van der Waals surface area contributed by atoms with E-state index in [2.05, 4.69) is 10.2 Å². The van der Waals surface area contributed by atoms with Crippen LogP contribution in [0.1, 0.15) is 19.3 Å². The van der Waals surface area contributed by atoms with E-state index in [0.29, 0.717) is 6.04 Å². The molecule has 1 saturated heterocycles. The Morgan fingerprint density at radius 2 is 2.15 bits per heavy atom. The van der Waals surface area contributed by atoms with Crippen LogP contribution in [0.4, 0.5) is 0 Å². The lowest BCUT2D eigenvalue weighted by atomic mass is 10.1. The third-order valence-electron chi connectivity index (χ3n) is 2.52. The number of hydrogen-bond donors (Lipinski definition) is 2. The number of nitrogens with one attached hydrogen (secondary N) is 1. The van der Waals surface area contributed by atoms with Gasteiger partial charge in [-0.1, -0.05) is 0 Å². The summed E-state index contributed by atoms with van der Waals surface area (Å²) in [5.41, 5.74) is 0. The van der Waals surface area contributed by atoms with Gasteiger partial charge in [0.05, 0.1) is 0 Å². The third kappa shape index (κ3) is 3.74. The van der Waals surface area contributed by atoms with E-state index in [-0.39, 0.29) is 6.61 Å². The maximum atomic E-state index is 10.2. The van der Waals surface area contributed by atoms with Gasteiger partial charge < -0.3 is 15.3 Å². The first-order chi connectivity index (χ1) is 6.36. The van der Waals surface area contributed by atoms with Gasteiger partial charge in [-0.3, -0.25) is 4.79 Å².